The Kier molecular flexibility index (Phi) is 8.30. The molecule has 20 heavy (non-hydrogen) atoms. The second-order valence-electron chi connectivity index (χ2n) is 7.94. The van der Waals surface area contributed by atoms with E-state index in [1.54, 1.807) is 0 Å². The van der Waals surface area contributed by atoms with Crippen molar-refractivity contribution in [1.82, 2.24) is 0 Å². The molecule has 2 heteroatoms. The molecule has 0 aromatic heterocycles. The van der Waals surface area contributed by atoms with Crippen LogP contribution in [0.25, 0.3) is 0 Å². The molecule has 1 unspecified atom stereocenters. The average molecular weight is 280 g/mol. The van der Waals surface area contributed by atoms with Crippen LogP contribution in [0.5, 0.6) is 0 Å². The van der Waals surface area contributed by atoms with Crippen LogP contribution in [0, 0.1) is 10.8 Å². The summed E-state index contributed by atoms with van der Waals surface area (Å²) in [6, 6.07) is 0.404. The van der Waals surface area contributed by atoms with Crippen LogP contribution in [-0.4, -0.2) is 24.5 Å². The molecule has 0 N–H and O–H groups in total. The molecule has 0 bridgehead atoms. The van der Waals surface area contributed by atoms with E-state index in [1.165, 1.54) is 25.0 Å². The van der Waals surface area contributed by atoms with Crippen LogP contribution >= 0.6 is 0 Å². The van der Waals surface area contributed by atoms with Crippen molar-refractivity contribution in [3.8, 4) is 0 Å². The van der Waals surface area contributed by atoms with Gasteiger partial charge in [-0.2, -0.15) is 0 Å². The van der Waals surface area contributed by atoms with Gasteiger partial charge in [0.2, 0.25) is 0 Å². The second-order valence-corrected chi connectivity index (χ2v) is 7.94. The zero-order valence-corrected chi connectivity index (χ0v) is 15.1. The zero-order valence-electron chi connectivity index (χ0n) is 15.1. The number of aliphatic imine (C=N–C) groups is 2. The smallest absolute Gasteiger partial charge is 0.0515 e. The first kappa shape index (κ1) is 19.3. The van der Waals surface area contributed by atoms with Crippen LogP contribution in [0.4, 0.5) is 0 Å². The minimum Gasteiger partial charge on any atom is -0.294 e. The fourth-order valence-corrected chi connectivity index (χ4v) is 1.46. The van der Waals surface area contributed by atoms with Gasteiger partial charge in [0.15, 0.2) is 0 Å². The van der Waals surface area contributed by atoms with E-state index in [2.05, 4.69) is 71.6 Å². The number of unbranched alkanes of at least 4 members (excludes halogenated alkanes) is 3. The van der Waals surface area contributed by atoms with Gasteiger partial charge < -0.3 is 0 Å². The molecule has 0 heterocycles. The molecule has 2 nitrogen and oxygen atoms in total. The van der Waals surface area contributed by atoms with E-state index < -0.39 is 0 Å². The van der Waals surface area contributed by atoms with Gasteiger partial charge in [-0.25, -0.2) is 0 Å². The van der Waals surface area contributed by atoms with Crippen LogP contribution in [0.3, 0.4) is 0 Å². The van der Waals surface area contributed by atoms with E-state index >= 15 is 0 Å². The molecule has 0 amide bonds. The predicted octanol–water partition coefficient (Wildman–Crippen LogP) is 5.56. The Hall–Kier alpha value is -0.660. The van der Waals surface area contributed by atoms with Crippen molar-refractivity contribution in [2.75, 3.05) is 6.54 Å². The Balaban J connectivity index is 3.72. The van der Waals surface area contributed by atoms with Crippen molar-refractivity contribution >= 4 is 11.9 Å². The molecule has 0 saturated heterocycles. The number of hydrogen-bond donors (Lipinski definition) is 0. The van der Waals surface area contributed by atoms with Crippen LogP contribution in [0.15, 0.2) is 9.98 Å². The van der Waals surface area contributed by atoms with Crippen molar-refractivity contribution in [2.45, 2.75) is 87.1 Å². The fraction of sp³-hybridized carbons (Fsp3) is 0.889. The Labute approximate surface area is 127 Å². The van der Waals surface area contributed by atoms with Crippen LogP contribution < -0.4 is 0 Å². The van der Waals surface area contributed by atoms with Gasteiger partial charge in [0.05, 0.1) is 6.04 Å². The third kappa shape index (κ3) is 9.28. The lowest BCUT2D eigenvalue weighted by Crippen LogP contribution is -2.20. The SMILES string of the molecule is CC(=NCCCCCC=NC(C)C(C)(C)C)C(C)(C)C. The Bertz CT molecular complexity index is 313. The largest absolute Gasteiger partial charge is 0.294 e. The van der Waals surface area contributed by atoms with Gasteiger partial charge in [-0.05, 0) is 50.2 Å². The monoisotopic (exact) mass is 280 g/mol. The van der Waals surface area contributed by atoms with Crippen LogP contribution in [0.2, 0.25) is 0 Å². The molecule has 0 aliphatic carbocycles. The van der Waals surface area contributed by atoms with E-state index in [-0.39, 0.29) is 10.8 Å². The summed E-state index contributed by atoms with van der Waals surface area (Å²) < 4.78 is 0. The molecular weight excluding hydrogens is 244 g/mol. The summed E-state index contributed by atoms with van der Waals surface area (Å²) in [5.74, 6) is 0. The molecule has 1 atom stereocenters. The van der Waals surface area contributed by atoms with Crippen molar-refractivity contribution in [3.05, 3.63) is 0 Å². The molecule has 118 valence electrons. The molecule has 0 fully saturated rings. The van der Waals surface area contributed by atoms with Crippen LogP contribution in [0.1, 0.15) is 81.1 Å². The first-order valence-corrected chi connectivity index (χ1v) is 8.08. The van der Waals surface area contributed by atoms with Gasteiger partial charge in [0, 0.05) is 12.3 Å². The third-order valence-electron chi connectivity index (χ3n) is 4.01. The van der Waals surface area contributed by atoms with Crippen molar-refractivity contribution in [2.24, 2.45) is 20.8 Å². The van der Waals surface area contributed by atoms with E-state index in [0.29, 0.717) is 6.04 Å². The highest BCUT2D eigenvalue weighted by molar-refractivity contribution is 5.86. The van der Waals surface area contributed by atoms with Gasteiger partial charge in [-0.3, -0.25) is 9.98 Å². The third-order valence-corrected chi connectivity index (χ3v) is 4.01. The normalized spacial score (nSPS) is 15.9. The number of rotatable bonds is 7. The van der Waals surface area contributed by atoms with Crippen molar-refractivity contribution in [3.63, 3.8) is 0 Å². The van der Waals surface area contributed by atoms with E-state index in [9.17, 15) is 0 Å². The van der Waals surface area contributed by atoms with Gasteiger partial charge in [-0.1, -0.05) is 48.0 Å². The maximum atomic E-state index is 4.66. The van der Waals surface area contributed by atoms with Gasteiger partial charge >= 0.3 is 0 Å². The number of nitrogens with zero attached hydrogens (tertiary/aromatic N) is 2. The first-order chi connectivity index (χ1) is 9.05. The summed E-state index contributed by atoms with van der Waals surface area (Å²) in [6.07, 6.45) is 6.87. The Morgan fingerprint density at radius 2 is 1.60 bits per heavy atom. The molecule has 0 aliphatic rings. The fourth-order valence-electron chi connectivity index (χ4n) is 1.46. The summed E-state index contributed by atoms with van der Waals surface area (Å²) in [4.78, 5) is 9.28. The van der Waals surface area contributed by atoms with Crippen molar-refractivity contribution in [1.29, 1.82) is 0 Å². The lowest BCUT2D eigenvalue weighted by Gasteiger charge is -2.23. The summed E-state index contributed by atoms with van der Waals surface area (Å²) in [5.41, 5.74) is 1.75. The summed E-state index contributed by atoms with van der Waals surface area (Å²) in [6.45, 7) is 18.7. The zero-order chi connectivity index (χ0) is 15.8. The van der Waals surface area contributed by atoms with E-state index in [4.69, 9.17) is 0 Å². The summed E-state index contributed by atoms with van der Waals surface area (Å²) >= 11 is 0. The topological polar surface area (TPSA) is 24.7 Å². The van der Waals surface area contributed by atoms with E-state index in [1.807, 2.05) is 0 Å². The first-order valence-electron chi connectivity index (χ1n) is 8.08. The van der Waals surface area contributed by atoms with E-state index in [0.717, 1.165) is 13.0 Å². The quantitative estimate of drug-likeness (QED) is 0.431. The lowest BCUT2D eigenvalue weighted by atomic mass is 9.88. The summed E-state index contributed by atoms with van der Waals surface area (Å²) in [5, 5.41) is 0. The minimum atomic E-state index is 0.218. The average Bonchev–Trinajstić information content (AvgIpc) is 2.29. The standard InChI is InChI=1S/C18H36N2/c1-15(17(3,4)5)19-13-11-9-10-12-14-20-16(2)18(6,7)8/h13,15H,9-12,14H2,1-8H3. The second kappa shape index (κ2) is 8.59. The molecule has 0 aromatic carbocycles. The lowest BCUT2D eigenvalue weighted by molar-refractivity contribution is 0.342. The predicted molar refractivity (Wildman–Crippen MR) is 93.3 cm³/mol. The van der Waals surface area contributed by atoms with Gasteiger partial charge in [-0.15, -0.1) is 0 Å². The molecule has 0 saturated carbocycles. The number of hydrogen-bond acceptors (Lipinski definition) is 2. The molecule has 0 aliphatic heterocycles. The molecular formula is C18H36N2. The maximum Gasteiger partial charge on any atom is 0.0515 e. The molecule has 0 radical (unpaired) electrons. The molecule has 0 rings (SSSR count). The van der Waals surface area contributed by atoms with Gasteiger partial charge in [0.25, 0.3) is 0 Å². The molecule has 0 aromatic rings. The highest BCUT2D eigenvalue weighted by Crippen LogP contribution is 2.21. The maximum absolute atomic E-state index is 4.66. The Morgan fingerprint density at radius 1 is 1.00 bits per heavy atom. The van der Waals surface area contributed by atoms with Crippen molar-refractivity contribution < 1.29 is 0 Å². The highest BCUT2D eigenvalue weighted by atomic mass is 14.8. The highest BCUT2D eigenvalue weighted by Gasteiger charge is 2.17. The van der Waals surface area contributed by atoms with Crippen LogP contribution in [-0.2, 0) is 0 Å². The Morgan fingerprint density at radius 3 is 2.10 bits per heavy atom. The minimum absolute atomic E-state index is 0.218. The van der Waals surface area contributed by atoms with Gasteiger partial charge in [0.1, 0.15) is 0 Å². The summed E-state index contributed by atoms with van der Waals surface area (Å²) in [7, 11) is 0. The molecule has 0 spiro atoms.